The van der Waals surface area contributed by atoms with Crippen LogP contribution in [-0.2, 0) is 23.6 Å². The zero-order valence-electron chi connectivity index (χ0n) is 14.3. The summed E-state index contributed by atoms with van der Waals surface area (Å²) >= 11 is 0. The summed E-state index contributed by atoms with van der Waals surface area (Å²) in [6.45, 7) is 5.80. The predicted octanol–water partition coefficient (Wildman–Crippen LogP) is 1.51. The van der Waals surface area contributed by atoms with Gasteiger partial charge in [0.2, 0.25) is 10.0 Å². The molecule has 1 saturated heterocycles. The van der Waals surface area contributed by atoms with E-state index in [1.54, 1.807) is 14.0 Å². The van der Waals surface area contributed by atoms with Crippen LogP contribution < -0.4 is 9.62 Å². The predicted molar refractivity (Wildman–Crippen MR) is 92.4 cm³/mol. The number of anilines is 1. The number of sulfonamides is 1. The summed E-state index contributed by atoms with van der Waals surface area (Å²) in [5.41, 5.74) is 2.33. The van der Waals surface area contributed by atoms with Gasteiger partial charge in [0.15, 0.2) is 0 Å². The summed E-state index contributed by atoms with van der Waals surface area (Å²) in [4.78, 5) is 7.07. The van der Waals surface area contributed by atoms with E-state index in [1.807, 2.05) is 19.1 Å². The molecule has 1 fully saturated rings. The van der Waals surface area contributed by atoms with E-state index in [9.17, 15) is 8.42 Å². The summed E-state index contributed by atoms with van der Waals surface area (Å²) < 4.78 is 29.3. The molecule has 0 amide bonds. The Morgan fingerprint density at radius 3 is 2.54 bits per heavy atom. The van der Waals surface area contributed by atoms with Crippen molar-refractivity contribution in [3.8, 4) is 0 Å². The largest absolute Gasteiger partial charge is 0.356 e. The minimum atomic E-state index is -3.60. The third kappa shape index (κ3) is 3.44. The Balaban J connectivity index is 1.83. The van der Waals surface area contributed by atoms with Crippen LogP contribution in [0.3, 0.4) is 0 Å². The molecule has 0 radical (unpaired) electrons. The van der Waals surface area contributed by atoms with Gasteiger partial charge in [-0.2, -0.15) is 5.10 Å². The zero-order chi connectivity index (χ0) is 17.3. The topological polar surface area (TPSA) is 80.1 Å². The normalized spacial score (nSPS) is 15.2. The molecule has 2 aromatic heterocycles. The van der Waals surface area contributed by atoms with Crippen LogP contribution >= 0.6 is 0 Å². The second-order valence-electron chi connectivity index (χ2n) is 6.21. The van der Waals surface area contributed by atoms with Crippen LogP contribution in [-0.4, -0.2) is 36.3 Å². The van der Waals surface area contributed by atoms with Gasteiger partial charge in [-0.1, -0.05) is 6.07 Å². The fourth-order valence-corrected chi connectivity index (χ4v) is 4.23. The van der Waals surface area contributed by atoms with Gasteiger partial charge >= 0.3 is 0 Å². The molecule has 0 bridgehead atoms. The summed E-state index contributed by atoms with van der Waals surface area (Å²) in [6, 6.07) is 3.87. The highest BCUT2D eigenvalue weighted by molar-refractivity contribution is 7.89. The van der Waals surface area contributed by atoms with E-state index in [-0.39, 0.29) is 11.4 Å². The van der Waals surface area contributed by atoms with Gasteiger partial charge in [-0.05, 0) is 32.8 Å². The van der Waals surface area contributed by atoms with E-state index >= 15 is 0 Å². The first-order chi connectivity index (χ1) is 11.4. The third-order valence-electron chi connectivity index (χ3n) is 4.21. The van der Waals surface area contributed by atoms with Crippen LogP contribution in [0.2, 0.25) is 0 Å². The standard InChI is InChI=1S/C16H23N5O2S/c1-12-6-7-14(16(18-12)21-8-4-5-9-21)10-17-24(22,23)15-11-20(3)19-13(15)2/h6-7,11,17H,4-5,8-10H2,1-3H3. The molecule has 0 aliphatic carbocycles. The van der Waals surface area contributed by atoms with Crippen LogP contribution in [0, 0.1) is 13.8 Å². The molecule has 0 spiro atoms. The van der Waals surface area contributed by atoms with Crippen molar-refractivity contribution in [3.05, 3.63) is 35.3 Å². The summed E-state index contributed by atoms with van der Waals surface area (Å²) in [6.07, 6.45) is 3.82. The maximum absolute atomic E-state index is 12.5. The molecule has 0 atom stereocenters. The maximum atomic E-state index is 12.5. The van der Waals surface area contributed by atoms with Gasteiger partial charge in [0, 0.05) is 44.1 Å². The number of nitrogens with zero attached hydrogens (tertiary/aromatic N) is 4. The van der Waals surface area contributed by atoms with Crippen molar-refractivity contribution in [2.75, 3.05) is 18.0 Å². The Hall–Kier alpha value is -1.93. The molecule has 1 N–H and O–H groups in total. The van der Waals surface area contributed by atoms with Crippen LogP contribution in [0.25, 0.3) is 0 Å². The van der Waals surface area contributed by atoms with Crippen LogP contribution in [0.1, 0.15) is 29.8 Å². The van der Waals surface area contributed by atoms with Gasteiger partial charge < -0.3 is 4.90 Å². The third-order valence-corrected chi connectivity index (χ3v) is 5.72. The summed E-state index contributed by atoms with van der Waals surface area (Å²) in [5.74, 6) is 0.887. The molecule has 1 aliphatic heterocycles. The van der Waals surface area contributed by atoms with Gasteiger partial charge in [-0.15, -0.1) is 0 Å². The molecule has 24 heavy (non-hydrogen) atoms. The van der Waals surface area contributed by atoms with Crippen molar-refractivity contribution in [2.45, 2.75) is 38.1 Å². The number of aryl methyl sites for hydroxylation is 3. The lowest BCUT2D eigenvalue weighted by Crippen LogP contribution is -2.27. The van der Waals surface area contributed by atoms with Gasteiger partial charge in [-0.3, -0.25) is 4.68 Å². The molecular formula is C16H23N5O2S. The molecule has 0 unspecified atom stereocenters. The lowest BCUT2D eigenvalue weighted by molar-refractivity contribution is 0.580. The second-order valence-corrected chi connectivity index (χ2v) is 7.94. The maximum Gasteiger partial charge on any atom is 0.244 e. The number of rotatable bonds is 5. The summed E-state index contributed by atoms with van der Waals surface area (Å²) in [5, 5.41) is 4.10. The SMILES string of the molecule is Cc1ccc(CNS(=O)(=O)c2cn(C)nc2C)c(N2CCCC2)n1. The summed E-state index contributed by atoms with van der Waals surface area (Å²) in [7, 11) is -1.89. The molecule has 8 heteroatoms. The molecule has 7 nitrogen and oxygen atoms in total. The monoisotopic (exact) mass is 349 g/mol. The van der Waals surface area contributed by atoms with Crippen molar-refractivity contribution in [1.82, 2.24) is 19.5 Å². The van der Waals surface area contributed by atoms with E-state index in [0.717, 1.165) is 43.0 Å². The lowest BCUT2D eigenvalue weighted by Gasteiger charge is -2.20. The van der Waals surface area contributed by atoms with Crippen molar-refractivity contribution < 1.29 is 8.42 Å². The van der Waals surface area contributed by atoms with E-state index in [2.05, 4.69) is 19.7 Å². The Morgan fingerprint density at radius 2 is 1.92 bits per heavy atom. The van der Waals surface area contributed by atoms with E-state index in [0.29, 0.717) is 5.69 Å². The molecule has 2 aromatic rings. The van der Waals surface area contributed by atoms with Gasteiger partial charge in [0.05, 0.1) is 5.69 Å². The number of hydrogen-bond donors (Lipinski definition) is 1. The number of aromatic nitrogens is 3. The van der Waals surface area contributed by atoms with Crippen LogP contribution in [0.4, 0.5) is 5.82 Å². The molecule has 3 rings (SSSR count). The zero-order valence-corrected chi connectivity index (χ0v) is 15.1. The first-order valence-corrected chi connectivity index (χ1v) is 9.56. The fourth-order valence-electron chi connectivity index (χ4n) is 3.00. The fraction of sp³-hybridized carbons (Fsp3) is 0.500. The van der Waals surface area contributed by atoms with Gasteiger partial charge in [-0.25, -0.2) is 18.1 Å². The van der Waals surface area contributed by atoms with Gasteiger partial charge in [0.1, 0.15) is 10.7 Å². The van der Waals surface area contributed by atoms with Crippen LogP contribution in [0.15, 0.2) is 23.2 Å². The van der Waals surface area contributed by atoms with Crippen molar-refractivity contribution >= 4 is 15.8 Å². The molecule has 0 saturated carbocycles. The lowest BCUT2D eigenvalue weighted by atomic mass is 10.2. The Bertz CT molecular complexity index is 838. The number of nitrogens with one attached hydrogen (secondary N) is 1. The highest BCUT2D eigenvalue weighted by atomic mass is 32.2. The minimum absolute atomic E-state index is 0.216. The molecule has 1 aliphatic rings. The van der Waals surface area contributed by atoms with E-state index in [4.69, 9.17) is 0 Å². The highest BCUT2D eigenvalue weighted by Gasteiger charge is 2.22. The first-order valence-electron chi connectivity index (χ1n) is 8.08. The molecule has 3 heterocycles. The first kappa shape index (κ1) is 16.9. The Morgan fingerprint density at radius 1 is 1.21 bits per heavy atom. The Kier molecular flexibility index (Phi) is 4.60. The average molecular weight is 349 g/mol. The quantitative estimate of drug-likeness (QED) is 0.885. The minimum Gasteiger partial charge on any atom is -0.356 e. The number of pyridine rings is 1. The average Bonchev–Trinajstić information content (AvgIpc) is 3.15. The number of hydrogen-bond acceptors (Lipinski definition) is 5. The highest BCUT2D eigenvalue weighted by Crippen LogP contribution is 2.23. The van der Waals surface area contributed by atoms with Crippen molar-refractivity contribution in [3.63, 3.8) is 0 Å². The smallest absolute Gasteiger partial charge is 0.244 e. The van der Waals surface area contributed by atoms with E-state index < -0.39 is 10.0 Å². The molecule has 0 aromatic carbocycles. The van der Waals surface area contributed by atoms with Crippen LogP contribution in [0.5, 0.6) is 0 Å². The van der Waals surface area contributed by atoms with E-state index in [1.165, 1.54) is 10.9 Å². The molecular weight excluding hydrogens is 326 g/mol. The van der Waals surface area contributed by atoms with Gasteiger partial charge in [0.25, 0.3) is 0 Å². The Labute approximate surface area is 142 Å². The van der Waals surface area contributed by atoms with Crippen molar-refractivity contribution in [1.29, 1.82) is 0 Å². The molecule has 130 valence electrons. The second kappa shape index (κ2) is 6.52. The van der Waals surface area contributed by atoms with Crippen molar-refractivity contribution in [2.24, 2.45) is 7.05 Å².